The van der Waals surface area contributed by atoms with Crippen molar-refractivity contribution in [3.05, 3.63) is 27.9 Å². The lowest BCUT2D eigenvalue weighted by Crippen LogP contribution is -2.25. The lowest BCUT2D eigenvalue weighted by molar-refractivity contribution is -0.385. The smallest absolute Gasteiger partial charge is 0.305 e. The number of rotatable bonds is 4. The van der Waals surface area contributed by atoms with Gasteiger partial charge in [-0.3, -0.25) is 10.1 Å². The van der Waals surface area contributed by atoms with Crippen LogP contribution in [0.2, 0.25) is 0 Å². The summed E-state index contributed by atoms with van der Waals surface area (Å²) >= 11 is 0. The van der Waals surface area contributed by atoms with Crippen molar-refractivity contribution in [2.45, 2.75) is 6.42 Å². The molecule has 2 heterocycles. The van der Waals surface area contributed by atoms with Gasteiger partial charge < -0.3 is 10.2 Å². The molecule has 0 radical (unpaired) electrons. The number of aromatic nitrogens is 1. The van der Waals surface area contributed by atoms with E-state index in [2.05, 4.69) is 15.2 Å². The fourth-order valence-electron chi connectivity index (χ4n) is 2.34. The summed E-state index contributed by atoms with van der Waals surface area (Å²) < 4.78 is 0. The number of nitro groups is 1. The molecule has 19 heavy (non-hydrogen) atoms. The highest BCUT2D eigenvalue weighted by Crippen LogP contribution is 2.25. The summed E-state index contributed by atoms with van der Waals surface area (Å²) in [6, 6.07) is 4.75. The minimum atomic E-state index is -0.580. The Labute approximate surface area is 111 Å². The topological polar surface area (TPSA) is 95.1 Å². The first-order chi connectivity index (χ1) is 9.15. The van der Waals surface area contributed by atoms with Gasteiger partial charge in [0.05, 0.1) is 4.92 Å². The van der Waals surface area contributed by atoms with Gasteiger partial charge in [-0.25, -0.2) is 4.98 Å². The number of nitrogens with zero attached hydrogens (tertiary/aromatic N) is 4. The number of anilines is 1. The van der Waals surface area contributed by atoms with Crippen molar-refractivity contribution in [3.63, 3.8) is 0 Å². The van der Waals surface area contributed by atoms with Gasteiger partial charge in [0.25, 0.3) is 0 Å². The average molecular weight is 261 g/mol. The summed E-state index contributed by atoms with van der Waals surface area (Å²) in [5.74, 6) is 1.19. The molecular weight excluding hydrogens is 246 g/mol. The van der Waals surface area contributed by atoms with E-state index in [0.717, 1.165) is 26.1 Å². The van der Waals surface area contributed by atoms with Crippen molar-refractivity contribution < 1.29 is 4.92 Å². The van der Waals surface area contributed by atoms with Crippen LogP contribution in [0.4, 0.5) is 11.5 Å². The van der Waals surface area contributed by atoms with Gasteiger partial charge in [0, 0.05) is 19.2 Å². The SMILES string of the molecule is CNCC1CCN(c2ccc([N+](=O)[O-])c(C#N)n2)C1. The standard InChI is InChI=1S/C12H15N5O2/c1-14-7-9-4-5-16(8-9)12-3-2-11(17(18)19)10(6-13)15-12/h2-3,9,14H,4-5,7-8H2,1H3. The van der Waals surface area contributed by atoms with E-state index >= 15 is 0 Å². The first kappa shape index (κ1) is 13.2. The minimum absolute atomic E-state index is 0.125. The monoisotopic (exact) mass is 261 g/mol. The fraction of sp³-hybridized carbons (Fsp3) is 0.500. The normalized spacial score (nSPS) is 18.3. The van der Waals surface area contributed by atoms with Crippen LogP contribution in [-0.4, -0.2) is 36.6 Å². The molecule has 1 saturated heterocycles. The zero-order valence-corrected chi connectivity index (χ0v) is 10.7. The van der Waals surface area contributed by atoms with Crippen molar-refractivity contribution in [2.24, 2.45) is 5.92 Å². The molecule has 0 aliphatic carbocycles. The summed E-state index contributed by atoms with van der Waals surface area (Å²) in [6.07, 6.45) is 1.06. The second kappa shape index (κ2) is 5.63. The Bertz CT molecular complexity index is 525. The van der Waals surface area contributed by atoms with Gasteiger partial charge in [0.2, 0.25) is 5.69 Å². The van der Waals surface area contributed by atoms with Gasteiger partial charge in [-0.2, -0.15) is 5.26 Å². The van der Waals surface area contributed by atoms with Crippen LogP contribution in [-0.2, 0) is 0 Å². The summed E-state index contributed by atoms with van der Waals surface area (Å²) in [4.78, 5) is 16.3. The molecule has 0 amide bonds. The number of pyridine rings is 1. The van der Waals surface area contributed by atoms with Crippen LogP contribution in [0.15, 0.2) is 12.1 Å². The molecule has 100 valence electrons. The molecule has 1 aliphatic heterocycles. The highest BCUT2D eigenvalue weighted by molar-refractivity contribution is 5.52. The molecule has 0 bridgehead atoms. The Morgan fingerprint density at radius 2 is 2.47 bits per heavy atom. The molecule has 1 aliphatic rings. The first-order valence-corrected chi connectivity index (χ1v) is 6.10. The number of hydrogen-bond acceptors (Lipinski definition) is 6. The van der Waals surface area contributed by atoms with Gasteiger partial charge in [-0.05, 0) is 32.0 Å². The third-order valence-electron chi connectivity index (χ3n) is 3.26. The summed E-state index contributed by atoms with van der Waals surface area (Å²) in [7, 11) is 1.92. The van der Waals surface area contributed by atoms with Crippen LogP contribution in [0.1, 0.15) is 12.1 Å². The van der Waals surface area contributed by atoms with Crippen LogP contribution >= 0.6 is 0 Å². The van der Waals surface area contributed by atoms with Crippen LogP contribution in [0.3, 0.4) is 0 Å². The average Bonchev–Trinajstić information content (AvgIpc) is 2.87. The van der Waals surface area contributed by atoms with E-state index in [-0.39, 0.29) is 11.4 Å². The fourth-order valence-corrected chi connectivity index (χ4v) is 2.34. The number of nitrogens with one attached hydrogen (secondary N) is 1. The maximum atomic E-state index is 10.7. The molecule has 1 aromatic heterocycles. The quantitative estimate of drug-likeness (QED) is 0.639. The molecule has 2 rings (SSSR count). The zero-order chi connectivity index (χ0) is 13.8. The summed E-state index contributed by atoms with van der Waals surface area (Å²) in [5.41, 5.74) is -0.364. The zero-order valence-electron chi connectivity index (χ0n) is 10.7. The van der Waals surface area contributed by atoms with Crippen LogP contribution in [0.5, 0.6) is 0 Å². The Balaban J connectivity index is 2.19. The second-order valence-corrected chi connectivity index (χ2v) is 4.56. The van der Waals surface area contributed by atoms with E-state index < -0.39 is 4.92 Å². The Kier molecular flexibility index (Phi) is 3.92. The van der Waals surface area contributed by atoms with Crippen molar-refractivity contribution in [1.29, 1.82) is 5.26 Å². The van der Waals surface area contributed by atoms with Gasteiger partial charge >= 0.3 is 5.69 Å². The summed E-state index contributed by atoms with van der Waals surface area (Å²) in [5, 5.41) is 22.8. The Morgan fingerprint density at radius 3 is 3.11 bits per heavy atom. The molecule has 0 saturated carbocycles. The lowest BCUT2D eigenvalue weighted by atomic mass is 10.1. The molecule has 7 heteroatoms. The van der Waals surface area contributed by atoms with Crippen molar-refractivity contribution in [1.82, 2.24) is 10.3 Å². The molecule has 0 spiro atoms. The predicted octanol–water partition coefficient (Wildman–Crippen LogP) is 0.907. The van der Waals surface area contributed by atoms with Crippen molar-refractivity contribution in [3.8, 4) is 6.07 Å². The number of nitriles is 1. The van der Waals surface area contributed by atoms with Crippen molar-refractivity contribution in [2.75, 3.05) is 31.6 Å². The Morgan fingerprint density at radius 1 is 1.68 bits per heavy atom. The predicted molar refractivity (Wildman–Crippen MR) is 69.9 cm³/mol. The van der Waals surface area contributed by atoms with Gasteiger partial charge in [-0.15, -0.1) is 0 Å². The van der Waals surface area contributed by atoms with E-state index in [0.29, 0.717) is 11.7 Å². The second-order valence-electron chi connectivity index (χ2n) is 4.56. The highest BCUT2D eigenvalue weighted by Gasteiger charge is 2.24. The molecule has 7 nitrogen and oxygen atoms in total. The van der Waals surface area contributed by atoms with E-state index in [1.54, 1.807) is 12.1 Å². The summed E-state index contributed by atoms with van der Waals surface area (Å²) in [6.45, 7) is 2.66. The molecule has 1 fully saturated rings. The highest BCUT2D eigenvalue weighted by atomic mass is 16.6. The minimum Gasteiger partial charge on any atom is -0.356 e. The molecule has 1 aromatic rings. The maximum Gasteiger partial charge on any atom is 0.305 e. The molecular formula is C12H15N5O2. The maximum absolute atomic E-state index is 10.7. The van der Waals surface area contributed by atoms with E-state index in [4.69, 9.17) is 5.26 Å². The van der Waals surface area contributed by atoms with E-state index in [9.17, 15) is 10.1 Å². The van der Waals surface area contributed by atoms with Crippen molar-refractivity contribution >= 4 is 11.5 Å². The van der Waals surface area contributed by atoms with Crippen LogP contribution in [0.25, 0.3) is 0 Å². The van der Waals surface area contributed by atoms with Gasteiger partial charge in [0.1, 0.15) is 11.9 Å². The molecule has 1 unspecified atom stereocenters. The van der Waals surface area contributed by atoms with E-state index in [1.807, 2.05) is 7.05 Å². The third kappa shape index (κ3) is 2.80. The molecule has 1 atom stereocenters. The third-order valence-corrected chi connectivity index (χ3v) is 3.26. The lowest BCUT2D eigenvalue weighted by Gasteiger charge is -2.17. The van der Waals surface area contributed by atoms with E-state index in [1.165, 1.54) is 6.07 Å². The molecule has 0 aromatic carbocycles. The number of hydrogen-bond donors (Lipinski definition) is 1. The van der Waals surface area contributed by atoms with Gasteiger partial charge in [-0.1, -0.05) is 0 Å². The van der Waals surface area contributed by atoms with Gasteiger partial charge in [0.15, 0.2) is 0 Å². The Hall–Kier alpha value is -2.20. The van der Waals surface area contributed by atoms with Crippen LogP contribution in [0, 0.1) is 27.4 Å². The largest absolute Gasteiger partial charge is 0.356 e. The molecule has 1 N–H and O–H groups in total. The van der Waals surface area contributed by atoms with Crippen LogP contribution < -0.4 is 10.2 Å². The first-order valence-electron chi connectivity index (χ1n) is 6.10.